The van der Waals surface area contributed by atoms with Gasteiger partial charge in [0.05, 0.1) is 12.9 Å². The largest absolute Gasteiger partial charge is 0.497 e. The van der Waals surface area contributed by atoms with Crippen LogP contribution in [0.3, 0.4) is 0 Å². The van der Waals surface area contributed by atoms with Crippen molar-refractivity contribution >= 4 is 39.8 Å². The van der Waals surface area contributed by atoms with Gasteiger partial charge in [-0.15, -0.1) is 24.0 Å². The molecule has 172 valence electrons. The van der Waals surface area contributed by atoms with Gasteiger partial charge in [-0.3, -0.25) is 9.89 Å². The van der Waals surface area contributed by atoms with Gasteiger partial charge in [0.2, 0.25) is 0 Å². The molecule has 7 nitrogen and oxygen atoms in total. The fraction of sp³-hybridized carbons (Fsp3) is 0.667. The lowest BCUT2D eigenvalue weighted by Gasteiger charge is -2.32. The Morgan fingerprint density at radius 3 is 2.43 bits per heavy atom. The second kappa shape index (κ2) is 13.4. The third kappa shape index (κ3) is 10.3. The maximum Gasteiger partial charge on any atom is 0.191 e. The van der Waals surface area contributed by atoms with Gasteiger partial charge in [0.25, 0.3) is 0 Å². The average molecular weight is 553 g/mol. The molecule has 1 saturated heterocycles. The summed E-state index contributed by atoms with van der Waals surface area (Å²) in [6, 6.07) is 8.35. The van der Waals surface area contributed by atoms with Crippen molar-refractivity contribution in [2.24, 2.45) is 10.9 Å². The van der Waals surface area contributed by atoms with Gasteiger partial charge in [-0.2, -0.15) is 0 Å². The fourth-order valence-electron chi connectivity index (χ4n) is 3.47. The predicted molar refractivity (Wildman–Crippen MR) is 135 cm³/mol. The van der Waals surface area contributed by atoms with Gasteiger partial charge in [0.1, 0.15) is 15.6 Å². The number of sulfone groups is 1. The zero-order valence-corrected chi connectivity index (χ0v) is 21.7. The van der Waals surface area contributed by atoms with Crippen LogP contribution >= 0.6 is 24.0 Å². The van der Waals surface area contributed by atoms with E-state index in [0.717, 1.165) is 50.7 Å². The molecule has 1 unspecified atom stereocenters. The number of methoxy groups -OCH3 is 1. The highest BCUT2D eigenvalue weighted by atomic mass is 127. The number of benzene rings is 1. The molecule has 1 aliphatic heterocycles. The molecular formula is C21H37IN4O3S. The van der Waals surface area contributed by atoms with Crippen LogP contribution in [0.4, 0.5) is 0 Å². The topological polar surface area (TPSA) is 83.0 Å². The van der Waals surface area contributed by atoms with Crippen LogP contribution < -0.4 is 15.4 Å². The minimum Gasteiger partial charge on any atom is -0.497 e. The fourth-order valence-corrected chi connectivity index (χ4v) is 4.25. The normalized spacial score (nSPS) is 17.1. The number of aliphatic imine (C=N–C) groups is 1. The summed E-state index contributed by atoms with van der Waals surface area (Å²) in [5.41, 5.74) is 1.31. The molecular weight excluding hydrogens is 515 g/mol. The van der Waals surface area contributed by atoms with Crippen molar-refractivity contribution in [3.63, 3.8) is 0 Å². The Morgan fingerprint density at radius 2 is 1.90 bits per heavy atom. The van der Waals surface area contributed by atoms with Gasteiger partial charge in [-0.1, -0.05) is 12.1 Å². The summed E-state index contributed by atoms with van der Waals surface area (Å²) in [5, 5.41) is 6.68. The number of piperidine rings is 1. The van der Waals surface area contributed by atoms with Crippen LogP contribution in [0.5, 0.6) is 5.75 Å². The quantitative estimate of drug-likeness (QED) is 0.279. The van der Waals surface area contributed by atoms with E-state index in [-0.39, 0.29) is 35.8 Å². The summed E-state index contributed by atoms with van der Waals surface area (Å²) in [4.78, 5) is 6.76. The maximum atomic E-state index is 11.3. The molecule has 2 N–H and O–H groups in total. The van der Waals surface area contributed by atoms with Crippen LogP contribution in [0.15, 0.2) is 29.3 Å². The van der Waals surface area contributed by atoms with Crippen LogP contribution in [0.1, 0.15) is 31.7 Å². The van der Waals surface area contributed by atoms with Crippen LogP contribution in [-0.4, -0.2) is 71.1 Å². The Kier molecular flexibility index (Phi) is 12.0. The van der Waals surface area contributed by atoms with E-state index in [1.165, 1.54) is 11.8 Å². The minimum absolute atomic E-state index is 0. The zero-order valence-electron chi connectivity index (χ0n) is 18.6. The van der Waals surface area contributed by atoms with E-state index >= 15 is 0 Å². The zero-order chi connectivity index (χ0) is 21.3. The molecule has 1 fully saturated rings. The summed E-state index contributed by atoms with van der Waals surface area (Å²) in [6.45, 7) is 6.03. The molecule has 1 aliphatic rings. The van der Waals surface area contributed by atoms with E-state index in [1.807, 2.05) is 19.1 Å². The Bertz CT molecular complexity index is 748. The maximum absolute atomic E-state index is 11.3. The van der Waals surface area contributed by atoms with Crippen LogP contribution in [0.2, 0.25) is 0 Å². The van der Waals surface area contributed by atoms with Crippen molar-refractivity contribution in [1.29, 1.82) is 0 Å². The highest BCUT2D eigenvalue weighted by Gasteiger charge is 2.20. The molecule has 0 radical (unpaired) electrons. The molecule has 0 bridgehead atoms. The van der Waals surface area contributed by atoms with Crippen LogP contribution in [0.25, 0.3) is 0 Å². The van der Waals surface area contributed by atoms with E-state index in [0.29, 0.717) is 12.3 Å². The number of guanidine groups is 1. The Labute approximate surface area is 199 Å². The van der Waals surface area contributed by atoms with Gasteiger partial charge in [0, 0.05) is 32.4 Å². The number of rotatable bonds is 9. The highest BCUT2D eigenvalue weighted by Crippen LogP contribution is 2.19. The van der Waals surface area contributed by atoms with E-state index in [9.17, 15) is 8.42 Å². The first-order valence-electron chi connectivity index (χ1n) is 10.3. The Morgan fingerprint density at radius 1 is 1.27 bits per heavy atom. The SMILES string of the molecule is CN=C(NCC1CCN(Cc2ccc(OC)cc2)CC1)NC(C)CCS(C)(=O)=O.I. The predicted octanol–water partition coefficient (Wildman–Crippen LogP) is 2.51. The van der Waals surface area contributed by atoms with Crippen molar-refractivity contribution in [3.05, 3.63) is 29.8 Å². The summed E-state index contributed by atoms with van der Waals surface area (Å²) in [6.07, 6.45) is 4.16. The lowest BCUT2D eigenvalue weighted by Crippen LogP contribution is -2.45. The van der Waals surface area contributed by atoms with Crippen molar-refractivity contribution in [1.82, 2.24) is 15.5 Å². The Balaban J connectivity index is 0.00000450. The molecule has 0 saturated carbocycles. The summed E-state index contributed by atoms with van der Waals surface area (Å²) in [7, 11) is 0.501. The third-order valence-electron chi connectivity index (χ3n) is 5.36. The van der Waals surface area contributed by atoms with Crippen molar-refractivity contribution in [3.8, 4) is 5.75 Å². The second-order valence-electron chi connectivity index (χ2n) is 7.98. The molecule has 1 aromatic rings. The molecule has 0 amide bonds. The molecule has 30 heavy (non-hydrogen) atoms. The molecule has 9 heteroatoms. The highest BCUT2D eigenvalue weighted by molar-refractivity contribution is 14.0. The monoisotopic (exact) mass is 552 g/mol. The molecule has 2 rings (SSSR count). The molecule has 1 heterocycles. The molecule has 1 aromatic carbocycles. The molecule has 1 atom stereocenters. The minimum atomic E-state index is -2.93. The van der Waals surface area contributed by atoms with Crippen molar-refractivity contribution < 1.29 is 13.2 Å². The van der Waals surface area contributed by atoms with Gasteiger partial charge in [0.15, 0.2) is 5.96 Å². The average Bonchev–Trinajstić information content (AvgIpc) is 2.70. The van der Waals surface area contributed by atoms with Gasteiger partial charge in [-0.05, 0) is 62.9 Å². The van der Waals surface area contributed by atoms with E-state index < -0.39 is 9.84 Å². The number of halogens is 1. The number of nitrogens with zero attached hydrogens (tertiary/aromatic N) is 2. The number of hydrogen-bond acceptors (Lipinski definition) is 5. The van der Waals surface area contributed by atoms with Crippen molar-refractivity contribution in [2.75, 3.05) is 45.8 Å². The van der Waals surface area contributed by atoms with E-state index in [4.69, 9.17) is 4.74 Å². The Hall–Kier alpha value is -1.07. The summed E-state index contributed by atoms with van der Waals surface area (Å²) >= 11 is 0. The summed E-state index contributed by atoms with van der Waals surface area (Å²) < 4.78 is 27.8. The van der Waals surface area contributed by atoms with Crippen molar-refractivity contribution in [2.45, 2.75) is 38.8 Å². The van der Waals surface area contributed by atoms with E-state index in [2.05, 4.69) is 32.7 Å². The lowest BCUT2D eigenvalue weighted by atomic mass is 9.96. The molecule has 0 aromatic heterocycles. The standard InChI is InChI=1S/C21H36N4O3S.HI/c1-17(11-14-29(4,26)27)24-21(22-2)23-15-18-9-12-25(13-10-18)16-19-5-7-20(28-3)8-6-19;/h5-8,17-18H,9-16H2,1-4H3,(H2,22,23,24);1H. The molecule has 0 aliphatic carbocycles. The number of ether oxygens (including phenoxy) is 1. The number of hydrogen-bond donors (Lipinski definition) is 2. The van der Waals surface area contributed by atoms with E-state index in [1.54, 1.807) is 14.2 Å². The van der Waals surface area contributed by atoms with Gasteiger partial charge in [-0.25, -0.2) is 8.42 Å². The van der Waals surface area contributed by atoms with Gasteiger partial charge < -0.3 is 15.4 Å². The first kappa shape index (κ1) is 27.0. The smallest absolute Gasteiger partial charge is 0.191 e. The summed E-state index contributed by atoms with van der Waals surface area (Å²) in [5.74, 6) is 2.44. The second-order valence-corrected chi connectivity index (χ2v) is 10.2. The first-order valence-corrected chi connectivity index (χ1v) is 12.4. The first-order chi connectivity index (χ1) is 13.8. The third-order valence-corrected chi connectivity index (χ3v) is 6.34. The van der Waals surface area contributed by atoms with Gasteiger partial charge >= 0.3 is 0 Å². The number of nitrogens with one attached hydrogen (secondary N) is 2. The van der Waals surface area contributed by atoms with Crippen LogP contribution in [-0.2, 0) is 16.4 Å². The lowest BCUT2D eigenvalue weighted by molar-refractivity contribution is 0.178. The molecule has 0 spiro atoms. The number of likely N-dealkylation sites (tertiary alicyclic amines) is 1. The van der Waals surface area contributed by atoms with Crippen LogP contribution in [0, 0.1) is 5.92 Å².